The molecule has 0 atom stereocenters. The van der Waals surface area contributed by atoms with E-state index in [1.165, 1.54) is 19.3 Å². The Morgan fingerprint density at radius 1 is 1.33 bits per heavy atom. The third-order valence-corrected chi connectivity index (χ3v) is 5.13. The lowest BCUT2D eigenvalue weighted by atomic mass is 9.82. The molecule has 2 heterocycles. The normalized spacial score (nSPS) is 15.9. The number of hydrogen-bond acceptors (Lipinski definition) is 3. The number of carboxylic acid groups (broad SMARTS) is 1. The van der Waals surface area contributed by atoms with Crippen molar-refractivity contribution in [2.45, 2.75) is 44.9 Å². The smallest absolute Gasteiger partial charge is 0.336 e. The van der Waals surface area contributed by atoms with Gasteiger partial charge in [-0.3, -0.25) is 0 Å². The average Bonchev–Trinajstić information content (AvgIpc) is 3.25. The zero-order valence-electron chi connectivity index (χ0n) is 13.6. The Bertz CT molecular complexity index is 887. The van der Waals surface area contributed by atoms with Crippen molar-refractivity contribution in [2.75, 3.05) is 0 Å². The molecule has 1 aromatic carbocycles. The van der Waals surface area contributed by atoms with E-state index in [2.05, 4.69) is 4.98 Å². The number of benzene rings is 1. The zero-order chi connectivity index (χ0) is 16.7. The molecule has 0 unspecified atom stereocenters. The van der Waals surface area contributed by atoms with Gasteiger partial charge in [-0.1, -0.05) is 19.3 Å². The van der Waals surface area contributed by atoms with Gasteiger partial charge in [-0.25, -0.2) is 9.78 Å². The summed E-state index contributed by atoms with van der Waals surface area (Å²) in [4.78, 5) is 19.8. The number of imidazole rings is 1. The SMILES string of the molecule is Cc1c(C(=O)O)cc(C2CCCCC2)c2nc(-c3ccoc3)[nH]c12. The van der Waals surface area contributed by atoms with E-state index in [1.807, 2.05) is 19.1 Å². The lowest BCUT2D eigenvalue weighted by molar-refractivity contribution is 0.0696. The van der Waals surface area contributed by atoms with Crippen LogP contribution in [0.3, 0.4) is 0 Å². The van der Waals surface area contributed by atoms with Crippen LogP contribution in [0, 0.1) is 6.92 Å². The predicted molar refractivity (Wildman–Crippen MR) is 91.3 cm³/mol. The molecule has 3 aromatic rings. The fraction of sp³-hybridized carbons (Fsp3) is 0.368. The minimum Gasteiger partial charge on any atom is -0.478 e. The molecule has 24 heavy (non-hydrogen) atoms. The molecule has 124 valence electrons. The Morgan fingerprint density at radius 2 is 2.12 bits per heavy atom. The average molecular weight is 324 g/mol. The zero-order valence-corrected chi connectivity index (χ0v) is 13.6. The van der Waals surface area contributed by atoms with E-state index in [-0.39, 0.29) is 0 Å². The number of hydrogen-bond donors (Lipinski definition) is 2. The first-order chi connectivity index (χ1) is 11.6. The van der Waals surface area contributed by atoms with Crippen LogP contribution in [0.2, 0.25) is 0 Å². The summed E-state index contributed by atoms with van der Waals surface area (Å²) in [6.45, 7) is 1.84. The largest absolute Gasteiger partial charge is 0.478 e. The highest BCUT2D eigenvalue weighted by molar-refractivity contribution is 5.97. The van der Waals surface area contributed by atoms with E-state index in [1.54, 1.807) is 12.5 Å². The van der Waals surface area contributed by atoms with Gasteiger partial charge in [-0.2, -0.15) is 0 Å². The van der Waals surface area contributed by atoms with Crippen LogP contribution in [-0.2, 0) is 0 Å². The molecule has 0 bridgehead atoms. The molecular weight excluding hydrogens is 304 g/mol. The van der Waals surface area contributed by atoms with E-state index in [9.17, 15) is 9.90 Å². The molecule has 5 heteroatoms. The molecule has 0 aliphatic heterocycles. The first-order valence-corrected chi connectivity index (χ1v) is 8.44. The summed E-state index contributed by atoms with van der Waals surface area (Å²) in [5.41, 5.74) is 4.77. The molecule has 2 N–H and O–H groups in total. The van der Waals surface area contributed by atoms with Gasteiger partial charge in [0.25, 0.3) is 0 Å². The molecule has 0 spiro atoms. The first kappa shape index (κ1) is 15.0. The van der Waals surface area contributed by atoms with Crippen molar-refractivity contribution in [1.29, 1.82) is 0 Å². The minimum absolute atomic E-state index is 0.366. The number of nitrogens with one attached hydrogen (secondary N) is 1. The van der Waals surface area contributed by atoms with Gasteiger partial charge in [0.05, 0.1) is 28.4 Å². The number of aromatic carboxylic acids is 1. The lowest BCUT2D eigenvalue weighted by Crippen LogP contribution is -2.09. The summed E-state index contributed by atoms with van der Waals surface area (Å²) in [6.07, 6.45) is 9.11. The molecular formula is C19H20N2O3. The van der Waals surface area contributed by atoms with Crippen LogP contribution in [-0.4, -0.2) is 21.0 Å². The molecule has 0 saturated heterocycles. The van der Waals surface area contributed by atoms with Crippen LogP contribution in [0.25, 0.3) is 22.4 Å². The topological polar surface area (TPSA) is 79.1 Å². The van der Waals surface area contributed by atoms with Gasteiger partial charge >= 0.3 is 5.97 Å². The summed E-state index contributed by atoms with van der Waals surface area (Å²) in [6, 6.07) is 3.70. The number of H-pyrrole nitrogens is 1. The van der Waals surface area contributed by atoms with Crippen molar-refractivity contribution in [2.24, 2.45) is 0 Å². The van der Waals surface area contributed by atoms with Crippen molar-refractivity contribution in [3.8, 4) is 11.4 Å². The number of rotatable bonds is 3. The highest BCUT2D eigenvalue weighted by atomic mass is 16.4. The third-order valence-electron chi connectivity index (χ3n) is 5.13. The first-order valence-electron chi connectivity index (χ1n) is 8.44. The van der Waals surface area contributed by atoms with Crippen LogP contribution < -0.4 is 0 Å². The van der Waals surface area contributed by atoms with Crippen molar-refractivity contribution >= 4 is 17.0 Å². The Labute approximate surface area is 139 Å². The fourth-order valence-electron chi connectivity index (χ4n) is 3.80. The summed E-state index contributed by atoms with van der Waals surface area (Å²) in [7, 11) is 0. The van der Waals surface area contributed by atoms with Gasteiger partial charge in [-0.15, -0.1) is 0 Å². The van der Waals surface area contributed by atoms with Gasteiger partial charge in [-0.05, 0) is 48.9 Å². The molecule has 0 radical (unpaired) electrons. The Kier molecular flexibility index (Phi) is 3.63. The van der Waals surface area contributed by atoms with Crippen molar-refractivity contribution in [3.05, 3.63) is 41.3 Å². The number of furan rings is 1. The fourth-order valence-corrected chi connectivity index (χ4v) is 3.80. The lowest BCUT2D eigenvalue weighted by Gasteiger charge is -2.23. The molecule has 1 fully saturated rings. The predicted octanol–water partition coefficient (Wildman–Crippen LogP) is 4.88. The number of carboxylic acids is 1. The quantitative estimate of drug-likeness (QED) is 0.720. The monoisotopic (exact) mass is 324 g/mol. The summed E-state index contributed by atoms with van der Waals surface area (Å²) in [5.74, 6) is 0.229. The van der Waals surface area contributed by atoms with E-state index in [4.69, 9.17) is 9.40 Å². The van der Waals surface area contributed by atoms with E-state index in [0.29, 0.717) is 11.5 Å². The minimum atomic E-state index is -0.883. The maximum atomic E-state index is 11.7. The third kappa shape index (κ3) is 2.40. The Hall–Kier alpha value is -2.56. The van der Waals surface area contributed by atoms with Crippen LogP contribution in [0.4, 0.5) is 0 Å². The van der Waals surface area contributed by atoms with Gasteiger partial charge < -0.3 is 14.5 Å². The van der Waals surface area contributed by atoms with Crippen molar-refractivity contribution in [1.82, 2.24) is 9.97 Å². The number of carbonyl (C=O) groups is 1. The van der Waals surface area contributed by atoms with Crippen LogP contribution >= 0.6 is 0 Å². The molecule has 2 aromatic heterocycles. The number of aromatic nitrogens is 2. The number of fused-ring (bicyclic) bond motifs is 1. The summed E-state index contributed by atoms with van der Waals surface area (Å²) >= 11 is 0. The number of nitrogens with zero attached hydrogens (tertiary/aromatic N) is 1. The second-order valence-corrected chi connectivity index (χ2v) is 6.60. The van der Waals surface area contributed by atoms with E-state index >= 15 is 0 Å². The Balaban J connectivity index is 1.95. The number of aromatic amines is 1. The Morgan fingerprint density at radius 3 is 2.79 bits per heavy atom. The molecule has 4 rings (SSSR count). The van der Waals surface area contributed by atoms with Crippen LogP contribution in [0.15, 0.2) is 29.1 Å². The van der Waals surface area contributed by atoms with Crippen LogP contribution in [0.5, 0.6) is 0 Å². The second kappa shape index (κ2) is 5.82. The maximum Gasteiger partial charge on any atom is 0.336 e. The molecule has 1 aliphatic carbocycles. The highest BCUT2D eigenvalue weighted by Gasteiger charge is 2.24. The highest BCUT2D eigenvalue weighted by Crippen LogP contribution is 2.38. The standard InChI is InChI=1S/C19H20N2O3/c1-11-14(19(22)23)9-15(12-5-3-2-4-6-12)17-16(11)20-18(21-17)13-7-8-24-10-13/h7-10,12H,2-6H2,1H3,(H,20,21)(H,22,23). The van der Waals surface area contributed by atoms with Crippen LogP contribution in [0.1, 0.15) is 59.5 Å². The van der Waals surface area contributed by atoms with Gasteiger partial charge in [0.15, 0.2) is 0 Å². The van der Waals surface area contributed by atoms with Gasteiger partial charge in [0.1, 0.15) is 12.1 Å². The summed E-state index contributed by atoms with van der Waals surface area (Å²) < 4.78 is 5.15. The van der Waals surface area contributed by atoms with E-state index in [0.717, 1.165) is 46.4 Å². The van der Waals surface area contributed by atoms with Gasteiger partial charge in [0, 0.05) is 0 Å². The second-order valence-electron chi connectivity index (χ2n) is 6.60. The number of aryl methyl sites for hydroxylation is 1. The molecule has 1 aliphatic rings. The molecule has 0 amide bonds. The molecule has 5 nitrogen and oxygen atoms in total. The van der Waals surface area contributed by atoms with Crippen molar-refractivity contribution in [3.63, 3.8) is 0 Å². The molecule has 1 saturated carbocycles. The summed E-state index contributed by atoms with van der Waals surface area (Å²) in [5, 5.41) is 9.59. The maximum absolute atomic E-state index is 11.7. The van der Waals surface area contributed by atoms with Crippen molar-refractivity contribution < 1.29 is 14.3 Å². The van der Waals surface area contributed by atoms with Gasteiger partial charge in [0.2, 0.25) is 0 Å². The van der Waals surface area contributed by atoms with E-state index < -0.39 is 5.97 Å².